The lowest BCUT2D eigenvalue weighted by molar-refractivity contribution is 0.101. The van der Waals surface area contributed by atoms with E-state index < -0.39 is 0 Å². The summed E-state index contributed by atoms with van der Waals surface area (Å²) in [7, 11) is 1.62. The number of carbonyl (C=O) groups is 1. The highest BCUT2D eigenvalue weighted by atomic mass is 32.1. The molecule has 1 aromatic heterocycles. The summed E-state index contributed by atoms with van der Waals surface area (Å²) in [5.74, 6) is 0.937. The van der Waals surface area contributed by atoms with E-state index in [-0.39, 0.29) is 18.1 Å². The van der Waals surface area contributed by atoms with Gasteiger partial charge in [-0.2, -0.15) is 0 Å². The summed E-state index contributed by atoms with van der Waals surface area (Å²) in [6, 6.07) is 19.3. The summed E-state index contributed by atoms with van der Waals surface area (Å²) < 4.78 is 5.27. The van der Waals surface area contributed by atoms with Crippen molar-refractivity contribution >= 4 is 23.3 Å². The molecule has 0 aliphatic rings. The van der Waals surface area contributed by atoms with Crippen LogP contribution in [0.5, 0.6) is 11.5 Å². The third-order valence-corrected chi connectivity index (χ3v) is 6.74. The molecule has 0 aliphatic heterocycles. The Morgan fingerprint density at radius 1 is 1.03 bits per heavy atom. The number of carbonyl (C=O) groups excluding carboxylic acids is 1. The first-order valence-corrected chi connectivity index (χ1v) is 11.7. The molecular weight excluding hydrogens is 444 g/mol. The van der Waals surface area contributed by atoms with E-state index in [0.717, 1.165) is 44.1 Å². The maximum atomic E-state index is 13.3. The van der Waals surface area contributed by atoms with Gasteiger partial charge in [-0.1, -0.05) is 24.3 Å². The van der Waals surface area contributed by atoms with Crippen LogP contribution in [0.4, 0.5) is 0 Å². The zero-order chi connectivity index (χ0) is 24.2. The number of rotatable bonds is 7. The molecule has 0 fully saturated rings. The number of hydrogen-bond acceptors (Lipinski definition) is 6. The van der Waals surface area contributed by atoms with E-state index in [4.69, 9.17) is 9.72 Å². The number of nitrogens with zero attached hydrogens (tertiary/aromatic N) is 2. The van der Waals surface area contributed by atoms with E-state index in [9.17, 15) is 9.90 Å². The minimum absolute atomic E-state index is 0.0114. The minimum Gasteiger partial charge on any atom is -0.507 e. The average molecular weight is 471 g/mol. The molecule has 0 radical (unpaired) electrons. The van der Waals surface area contributed by atoms with Crippen LogP contribution in [0.15, 0.2) is 65.7 Å². The number of thiazole rings is 1. The number of aromatic hydroxyl groups is 1. The standard InChI is InChI=1S/C28H26N2O3S/c1-17-7-5-6-8-23(17)28-30-25(21-9-11-22(33-4)12-10-21)27(34-28)24(31)16-29-15-20-13-18(2)26(32)19(3)14-20/h5-15,32H,16H2,1-4H3. The van der Waals surface area contributed by atoms with Crippen molar-refractivity contribution in [1.29, 1.82) is 0 Å². The number of phenolic OH excluding ortho intramolecular Hbond substituents is 1. The molecule has 0 bridgehead atoms. The highest BCUT2D eigenvalue weighted by Gasteiger charge is 2.20. The van der Waals surface area contributed by atoms with Gasteiger partial charge in [0.15, 0.2) is 5.78 Å². The second kappa shape index (κ2) is 10.0. The summed E-state index contributed by atoms with van der Waals surface area (Å²) >= 11 is 1.39. The maximum Gasteiger partial charge on any atom is 0.196 e. The predicted molar refractivity (Wildman–Crippen MR) is 139 cm³/mol. The lowest BCUT2D eigenvalue weighted by Crippen LogP contribution is -2.03. The third kappa shape index (κ3) is 4.92. The van der Waals surface area contributed by atoms with Crippen molar-refractivity contribution in [3.63, 3.8) is 0 Å². The number of aromatic nitrogens is 1. The number of methoxy groups -OCH3 is 1. The summed E-state index contributed by atoms with van der Waals surface area (Å²) in [5.41, 5.74) is 6.03. The Hall–Kier alpha value is -3.77. The molecule has 34 heavy (non-hydrogen) atoms. The van der Waals surface area contributed by atoms with E-state index in [0.29, 0.717) is 10.6 Å². The molecule has 1 heterocycles. The highest BCUT2D eigenvalue weighted by Crippen LogP contribution is 2.36. The van der Waals surface area contributed by atoms with Crippen LogP contribution in [0.1, 0.15) is 31.9 Å². The molecule has 0 unspecified atom stereocenters. The number of Topliss-reactive ketones (excluding diaryl/α,β-unsaturated/α-hetero) is 1. The van der Waals surface area contributed by atoms with Crippen molar-refractivity contribution in [2.24, 2.45) is 4.99 Å². The molecule has 0 saturated carbocycles. The third-order valence-electron chi connectivity index (χ3n) is 5.61. The summed E-state index contributed by atoms with van der Waals surface area (Å²) in [6.45, 7) is 5.74. The van der Waals surface area contributed by atoms with Crippen molar-refractivity contribution in [1.82, 2.24) is 4.98 Å². The van der Waals surface area contributed by atoms with Gasteiger partial charge in [0.25, 0.3) is 0 Å². The van der Waals surface area contributed by atoms with Crippen molar-refractivity contribution < 1.29 is 14.6 Å². The lowest BCUT2D eigenvalue weighted by Gasteiger charge is -2.04. The fourth-order valence-corrected chi connectivity index (χ4v) is 4.86. The van der Waals surface area contributed by atoms with E-state index in [1.54, 1.807) is 13.3 Å². The monoisotopic (exact) mass is 470 g/mol. The minimum atomic E-state index is -0.0911. The molecule has 0 saturated heterocycles. The maximum absolute atomic E-state index is 13.3. The van der Waals surface area contributed by atoms with Gasteiger partial charge in [-0.15, -0.1) is 11.3 Å². The van der Waals surface area contributed by atoms with Crippen LogP contribution in [0, 0.1) is 20.8 Å². The van der Waals surface area contributed by atoms with Crippen LogP contribution in [0.2, 0.25) is 0 Å². The van der Waals surface area contributed by atoms with Crippen molar-refractivity contribution in [3.8, 4) is 33.3 Å². The second-order valence-corrected chi connectivity index (χ2v) is 9.14. The van der Waals surface area contributed by atoms with E-state index in [2.05, 4.69) is 4.99 Å². The van der Waals surface area contributed by atoms with Crippen LogP contribution in [-0.2, 0) is 0 Å². The van der Waals surface area contributed by atoms with Gasteiger partial charge in [0.1, 0.15) is 27.9 Å². The van der Waals surface area contributed by atoms with E-state index in [1.165, 1.54) is 11.3 Å². The van der Waals surface area contributed by atoms with Crippen LogP contribution in [0.25, 0.3) is 21.8 Å². The van der Waals surface area contributed by atoms with Gasteiger partial charge in [0.05, 0.1) is 12.8 Å². The Balaban J connectivity index is 1.67. The van der Waals surface area contributed by atoms with Gasteiger partial charge in [-0.05, 0) is 79.4 Å². The molecule has 1 N–H and O–H groups in total. The molecule has 0 aliphatic carbocycles. The number of ketones is 1. The molecule has 4 aromatic rings. The Kier molecular flexibility index (Phi) is 6.89. The molecule has 6 heteroatoms. The number of hydrogen-bond donors (Lipinski definition) is 1. The number of benzene rings is 3. The molecule has 4 rings (SSSR count). The average Bonchev–Trinajstić information content (AvgIpc) is 3.28. The van der Waals surface area contributed by atoms with Gasteiger partial charge in [-0.3, -0.25) is 9.79 Å². The molecule has 172 valence electrons. The molecule has 0 atom stereocenters. The van der Waals surface area contributed by atoms with Gasteiger partial charge in [0.2, 0.25) is 0 Å². The number of aryl methyl sites for hydroxylation is 3. The molecule has 3 aromatic carbocycles. The lowest BCUT2D eigenvalue weighted by atomic mass is 10.1. The number of ether oxygens (including phenoxy) is 1. The topological polar surface area (TPSA) is 71.8 Å². The Labute approximate surface area is 203 Å². The first-order valence-electron chi connectivity index (χ1n) is 10.9. The van der Waals surface area contributed by atoms with E-state index in [1.807, 2.05) is 81.4 Å². The normalized spacial score (nSPS) is 11.2. The quantitative estimate of drug-likeness (QED) is 0.250. The van der Waals surface area contributed by atoms with Gasteiger partial charge in [0, 0.05) is 17.3 Å². The molecule has 0 spiro atoms. The van der Waals surface area contributed by atoms with Crippen molar-refractivity contribution in [2.75, 3.05) is 13.7 Å². The zero-order valence-electron chi connectivity index (χ0n) is 19.6. The molecule has 0 amide bonds. The fraction of sp³-hybridized carbons (Fsp3) is 0.179. The summed E-state index contributed by atoms with van der Waals surface area (Å²) in [5, 5.41) is 10.8. The Bertz CT molecular complexity index is 1350. The van der Waals surface area contributed by atoms with Crippen LogP contribution in [-0.4, -0.2) is 35.7 Å². The molecule has 5 nitrogen and oxygen atoms in total. The van der Waals surface area contributed by atoms with Crippen molar-refractivity contribution in [2.45, 2.75) is 20.8 Å². The van der Waals surface area contributed by atoms with E-state index >= 15 is 0 Å². The SMILES string of the molecule is COc1ccc(-c2nc(-c3ccccc3C)sc2C(=O)CN=Cc2cc(C)c(O)c(C)c2)cc1. The first-order chi connectivity index (χ1) is 16.4. The van der Waals surface area contributed by atoms with Crippen LogP contribution >= 0.6 is 11.3 Å². The number of phenols is 1. The predicted octanol–water partition coefficient (Wildman–Crippen LogP) is 6.42. The van der Waals surface area contributed by atoms with Gasteiger partial charge in [-0.25, -0.2) is 4.98 Å². The zero-order valence-corrected chi connectivity index (χ0v) is 20.4. The smallest absolute Gasteiger partial charge is 0.196 e. The number of aliphatic imine (C=N–C) groups is 1. The van der Waals surface area contributed by atoms with Crippen LogP contribution in [0.3, 0.4) is 0 Å². The second-order valence-electron chi connectivity index (χ2n) is 8.14. The molecular formula is C28H26N2O3S. The first kappa shape index (κ1) is 23.4. The van der Waals surface area contributed by atoms with Gasteiger partial charge >= 0.3 is 0 Å². The van der Waals surface area contributed by atoms with Crippen molar-refractivity contribution in [3.05, 3.63) is 87.8 Å². The van der Waals surface area contributed by atoms with Crippen LogP contribution < -0.4 is 4.74 Å². The Morgan fingerprint density at radius 3 is 2.35 bits per heavy atom. The van der Waals surface area contributed by atoms with Gasteiger partial charge < -0.3 is 9.84 Å². The Morgan fingerprint density at radius 2 is 1.71 bits per heavy atom. The fourth-order valence-electron chi connectivity index (χ4n) is 3.75. The summed E-state index contributed by atoms with van der Waals surface area (Å²) in [4.78, 5) is 23.1. The largest absolute Gasteiger partial charge is 0.507 e. The highest BCUT2D eigenvalue weighted by molar-refractivity contribution is 7.17. The summed E-state index contributed by atoms with van der Waals surface area (Å²) in [6.07, 6.45) is 1.67.